The average molecular weight is 405 g/mol. The molecule has 8 nitrogen and oxygen atoms in total. The molecule has 0 bridgehead atoms. The first-order valence-corrected chi connectivity index (χ1v) is 9.79. The van der Waals surface area contributed by atoms with Gasteiger partial charge in [0.1, 0.15) is 11.3 Å². The molecular formula is C22H23N5O3. The lowest BCUT2D eigenvalue weighted by Gasteiger charge is -2.20. The molecule has 30 heavy (non-hydrogen) atoms. The molecule has 0 aliphatic carbocycles. The number of H-pyrrole nitrogens is 2. The zero-order chi connectivity index (χ0) is 21.3. The van der Waals surface area contributed by atoms with Gasteiger partial charge in [0.25, 0.3) is 0 Å². The molecule has 154 valence electrons. The van der Waals surface area contributed by atoms with Crippen LogP contribution in [0.5, 0.6) is 5.75 Å². The van der Waals surface area contributed by atoms with E-state index in [4.69, 9.17) is 4.74 Å². The monoisotopic (exact) mass is 405 g/mol. The molecule has 0 radical (unpaired) electrons. The van der Waals surface area contributed by atoms with Gasteiger partial charge in [-0.3, -0.25) is 4.79 Å². The van der Waals surface area contributed by atoms with E-state index >= 15 is 0 Å². The van der Waals surface area contributed by atoms with Gasteiger partial charge in [0.15, 0.2) is 0 Å². The predicted molar refractivity (Wildman–Crippen MR) is 120 cm³/mol. The number of anilines is 1. The van der Waals surface area contributed by atoms with Gasteiger partial charge >= 0.3 is 11.2 Å². The maximum Gasteiger partial charge on any atom is 0.350 e. The highest BCUT2D eigenvalue weighted by molar-refractivity contribution is 6.04. The number of nitrogens with zero attached hydrogens (tertiary/aromatic N) is 3. The quantitative estimate of drug-likeness (QED) is 0.482. The SMILES string of the molecule is CCN(CC)c1ccc(/C=N/n2c(=O)[nH]c3c([nH]c4ccc(OC)cc43)c2=O)cc1. The molecule has 2 aromatic heterocycles. The molecule has 0 amide bonds. The van der Waals surface area contributed by atoms with E-state index in [9.17, 15) is 9.59 Å². The maximum absolute atomic E-state index is 12.9. The van der Waals surface area contributed by atoms with Crippen molar-refractivity contribution in [3.05, 3.63) is 68.9 Å². The van der Waals surface area contributed by atoms with Crippen LogP contribution in [0.4, 0.5) is 5.69 Å². The van der Waals surface area contributed by atoms with Crippen LogP contribution in [0.3, 0.4) is 0 Å². The number of nitrogens with one attached hydrogen (secondary N) is 2. The fraction of sp³-hybridized carbons (Fsp3) is 0.227. The Balaban J connectivity index is 1.73. The van der Waals surface area contributed by atoms with E-state index in [-0.39, 0.29) is 5.52 Å². The summed E-state index contributed by atoms with van der Waals surface area (Å²) in [4.78, 5) is 33.4. The predicted octanol–water partition coefficient (Wildman–Crippen LogP) is 2.91. The highest BCUT2D eigenvalue weighted by Crippen LogP contribution is 2.25. The summed E-state index contributed by atoms with van der Waals surface area (Å²) in [5.74, 6) is 0.639. The highest BCUT2D eigenvalue weighted by Gasteiger charge is 2.13. The minimum absolute atomic E-state index is 0.284. The van der Waals surface area contributed by atoms with Crippen molar-refractivity contribution in [1.82, 2.24) is 14.6 Å². The Labute approximate surface area is 172 Å². The molecule has 4 rings (SSSR count). The van der Waals surface area contributed by atoms with Crippen LogP contribution >= 0.6 is 0 Å². The van der Waals surface area contributed by atoms with Crippen LogP contribution in [0.1, 0.15) is 19.4 Å². The normalized spacial score (nSPS) is 11.6. The van der Waals surface area contributed by atoms with Crippen molar-refractivity contribution < 1.29 is 4.74 Å². The summed E-state index contributed by atoms with van der Waals surface area (Å²) in [6, 6.07) is 13.2. The van der Waals surface area contributed by atoms with Crippen molar-refractivity contribution in [2.24, 2.45) is 5.10 Å². The van der Waals surface area contributed by atoms with E-state index in [2.05, 4.69) is 33.8 Å². The van der Waals surface area contributed by atoms with E-state index in [0.29, 0.717) is 16.7 Å². The van der Waals surface area contributed by atoms with Crippen LogP contribution in [0.25, 0.3) is 21.9 Å². The molecule has 0 aliphatic rings. The second-order valence-corrected chi connectivity index (χ2v) is 6.84. The summed E-state index contributed by atoms with van der Waals surface area (Å²) < 4.78 is 6.06. The summed E-state index contributed by atoms with van der Waals surface area (Å²) in [5.41, 5.74) is 2.24. The summed E-state index contributed by atoms with van der Waals surface area (Å²) in [6.07, 6.45) is 1.50. The van der Waals surface area contributed by atoms with Crippen LogP contribution in [-0.2, 0) is 0 Å². The number of hydrogen-bond donors (Lipinski definition) is 2. The Morgan fingerprint density at radius 2 is 1.77 bits per heavy atom. The van der Waals surface area contributed by atoms with Crippen molar-refractivity contribution in [2.75, 3.05) is 25.1 Å². The lowest BCUT2D eigenvalue weighted by atomic mass is 10.2. The highest BCUT2D eigenvalue weighted by atomic mass is 16.5. The fourth-order valence-corrected chi connectivity index (χ4v) is 3.54. The number of aromatic nitrogens is 3. The van der Waals surface area contributed by atoms with Crippen LogP contribution in [0.15, 0.2) is 57.2 Å². The van der Waals surface area contributed by atoms with E-state index in [1.807, 2.05) is 24.3 Å². The van der Waals surface area contributed by atoms with Crippen LogP contribution in [-0.4, -0.2) is 41.1 Å². The zero-order valence-corrected chi connectivity index (χ0v) is 17.1. The third kappa shape index (κ3) is 3.36. The van der Waals surface area contributed by atoms with E-state index in [1.165, 1.54) is 6.21 Å². The molecular weight excluding hydrogens is 382 g/mol. The Hall–Kier alpha value is -3.81. The van der Waals surface area contributed by atoms with Gasteiger partial charge in [0, 0.05) is 29.7 Å². The van der Waals surface area contributed by atoms with Crippen molar-refractivity contribution in [3.63, 3.8) is 0 Å². The number of ether oxygens (including phenoxy) is 1. The van der Waals surface area contributed by atoms with Gasteiger partial charge in [-0.1, -0.05) is 12.1 Å². The standard InChI is InChI=1S/C22H23N5O3/c1-4-26(5-2)15-8-6-14(7-9-15)13-23-27-21(28)20-19(25-22(27)29)17-12-16(30-3)10-11-18(17)24-20/h6-13,24H,4-5H2,1-3H3,(H,25,29)/b23-13+. The van der Waals surface area contributed by atoms with Crippen molar-refractivity contribution in [1.29, 1.82) is 0 Å². The first-order chi connectivity index (χ1) is 14.5. The van der Waals surface area contributed by atoms with Gasteiger partial charge in [0.05, 0.1) is 18.8 Å². The maximum atomic E-state index is 12.9. The number of methoxy groups -OCH3 is 1. The zero-order valence-electron chi connectivity index (χ0n) is 17.1. The van der Waals surface area contributed by atoms with Crippen molar-refractivity contribution >= 4 is 33.8 Å². The topological polar surface area (TPSA) is 95.5 Å². The second-order valence-electron chi connectivity index (χ2n) is 6.84. The molecule has 0 saturated carbocycles. The number of fused-ring (bicyclic) bond motifs is 3. The number of rotatable bonds is 6. The molecule has 0 saturated heterocycles. The molecule has 0 aliphatic heterocycles. The summed E-state index contributed by atoms with van der Waals surface area (Å²) in [6.45, 7) is 6.05. The third-order valence-corrected chi connectivity index (χ3v) is 5.18. The minimum atomic E-state index is -0.604. The first kappa shape index (κ1) is 19.5. The number of hydrogen-bond acceptors (Lipinski definition) is 5. The molecule has 0 fully saturated rings. The van der Waals surface area contributed by atoms with Gasteiger partial charge in [-0.25, -0.2) is 4.79 Å². The summed E-state index contributed by atoms with van der Waals surface area (Å²) in [7, 11) is 1.56. The van der Waals surface area contributed by atoms with Crippen molar-refractivity contribution in [2.45, 2.75) is 13.8 Å². The third-order valence-electron chi connectivity index (χ3n) is 5.18. The molecule has 4 aromatic rings. The largest absolute Gasteiger partial charge is 0.497 e. The molecule has 8 heteroatoms. The second kappa shape index (κ2) is 7.90. The summed E-state index contributed by atoms with van der Waals surface area (Å²) >= 11 is 0. The molecule has 0 unspecified atom stereocenters. The van der Waals surface area contributed by atoms with Crippen LogP contribution < -0.4 is 20.9 Å². The molecule has 0 atom stereocenters. The first-order valence-electron chi connectivity index (χ1n) is 9.79. The number of aromatic amines is 2. The van der Waals surface area contributed by atoms with Crippen molar-refractivity contribution in [3.8, 4) is 5.75 Å². The molecule has 0 spiro atoms. The van der Waals surface area contributed by atoms with Gasteiger partial charge in [0.2, 0.25) is 0 Å². The fourth-order valence-electron chi connectivity index (χ4n) is 3.54. The Kier molecular flexibility index (Phi) is 5.14. The lowest BCUT2D eigenvalue weighted by Crippen LogP contribution is -2.32. The summed E-state index contributed by atoms with van der Waals surface area (Å²) in [5, 5.41) is 4.83. The van der Waals surface area contributed by atoms with Crippen LogP contribution in [0, 0.1) is 0 Å². The number of benzene rings is 2. The van der Waals surface area contributed by atoms with Crippen LogP contribution in [0.2, 0.25) is 0 Å². The smallest absolute Gasteiger partial charge is 0.350 e. The van der Waals surface area contributed by atoms with E-state index < -0.39 is 11.2 Å². The molecule has 2 heterocycles. The van der Waals surface area contributed by atoms with Gasteiger partial charge in [-0.05, 0) is 49.7 Å². The molecule has 2 aromatic carbocycles. The van der Waals surface area contributed by atoms with E-state index in [0.717, 1.165) is 34.5 Å². The van der Waals surface area contributed by atoms with Gasteiger partial charge in [-0.2, -0.15) is 5.10 Å². The van der Waals surface area contributed by atoms with Gasteiger partial charge in [-0.15, -0.1) is 4.68 Å². The Bertz CT molecular complexity index is 1340. The lowest BCUT2D eigenvalue weighted by molar-refractivity contribution is 0.415. The Morgan fingerprint density at radius 1 is 1.03 bits per heavy atom. The minimum Gasteiger partial charge on any atom is -0.497 e. The molecule has 2 N–H and O–H groups in total. The Morgan fingerprint density at radius 3 is 2.43 bits per heavy atom. The van der Waals surface area contributed by atoms with E-state index in [1.54, 1.807) is 25.3 Å². The van der Waals surface area contributed by atoms with Gasteiger partial charge < -0.3 is 19.6 Å². The average Bonchev–Trinajstić information content (AvgIpc) is 3.13.